The summed E-state index contributed by atoms with van der Waals surface area (Å²) in [6.07, 6.45) is 0.744. The number of amides is 1. The van der Waals surface area contributed by atoms with E-state index in [4.69, 9.17) is 10.8 Å². The van der Waals surface area contributed by atoms with Gasteiger partial charge >= 0.3 is 5.97 Å². The number of carboxylic acid groups (broad SMARTS) is 1. The molecule has 1 heterocycles. The van der Waals surface area contributed by atoms with Crippen LogP contribution in [-0.2, 0) is 11.2 Å². The molecule has 0 spiro atoms. The summed E-state index contributed by atoms with van der Waals surface area (Å²) in [6, 6.07) is 6.35. The average Bonchev–Trinajstić information content (AvgIpc) is 2.33. The van der Waals surface area contributed by atoms with Crippen LogP contribution in [0.4, 0.5) is 0 Å². The number of aliphatic carboxylic acids is 1. The molecule has 17 heavy (non-hydrogen) atoms. The van der Waals surface area contributed by atoms with Crippen molar-refractivity contribution in [1.82, 2.24) is 4.90 Å². The fourth-order valence-electron chi connectivity index (χ4n) is 1.96. The number of nitrogens with zero attached hydrogens (tertiary/aromatic N) is 1. The van der Waals surface area contributed by atoms with Crippen molar-refractivity contribution in [3.63, 3.8) is 0 Å². The van der Waals surface area contributed by atoms with Gasteiger partial charge in [-0.15, -0.1) is 0 Å². The van der Waals surface area contributed by atoms with E-state index in [1.807, 2.05) is 12.1 Å². The van der Waals surface area contributed by atoms with Crippen molar-refractivity contribution in [1.29, 1.82) is 0 Å². The molecule has 0 saturated carbocycles. The molecule has 2 rings (SSSR count). The standard InChI is InChI=1S/C12H14N2O3/c13-10(12(16)17)7-14-6-5-8-3-1-2-4-9(8)11(14)15/h1-4,10H,5-7,13H2,(H,16,17). The number of nitrogens with two attached hydrogens (primary N) is 1. The number of rotatable bonds is 3. The Morgan fingerprint density at radius 2 is 2.18 bits per heavy atom. The first kappa shape index (κ1) is 11.6. The molecule has 0 saturated heterocycles. The van der Waals surface area contributed by atoms with Gasteiger partial charge in [-0.25, -0.2) is 0 Å². The lowest BCUT2D eigenvalue weighted by atomic mass is 9.99. The molecule has 1 aliphatic rings. The molecule has 5 heteroatoms. The number of carboxylic acids is 1. The Kier molecular flexibility index (Phi) is 3.10. The summed E-state index contributed by atoms with van der Waals surface area (Å²) in [5.41, 5.74) is 7.10. The van der Waals surface area contributed by atoms with Crippen molar-refractivity contribution >= 4 is 11.9 Å². The van der Waals surface area contributed by atoms with Gasteiger partial charge < -0.3 is 15.7 Å². The van der Waals surface area contributed by atoms with Gasteiger partial charge in [-0.05, 0) is 18.1 Å². The molecule has 90 valence electrons. The first-order valence-electron chi connectivity index (χ1n) is 5.45. The summed E-state index contributed by atoms with van der Waals surface area (Å²) < 4.78 is 0. The smallest absolute Gasteiger partial charge is 0.322 e. The van der Waals surface area contributed by atoms with Crippen LogP contribution in [0.15, 0.2) is 24.3 Å². The Labute approximate surface area is 98.8 Å². The van der Waals surface area contributed by atoms with E-state index < -0.39 is 12.0 Å². The Hall–Kier alpha value is -1.88. The topological polar surface area (TPSA) is 83.6 Å². The zero-order chi connectivity index (χ0) is 12.4. The lowest BCUT2D eigenvalue weighted by Crippen LogP contribution is -2.47. The second kappa shape index (κ2) is 4.55. The fourth-order valence-corrected chi connectivity index (χ4v) is 1.96. The molecule has 0 aromatic heterocycles. The second-order valence-corrected chi connectivity index (χ2v) is 4.10. The Bertz CT molecular complexity index is 459. The number of fused-ring (bicyclic) bond motifs is 1. The van der Waals surface area contributed by atoms with Crippen molar-refractivity contribution in [2.45, 2.75) is 12.5 Å². The molecule has 3 N–H and O–H groups in total. The predicted octanol–water partition coefficient (Wildman–Crippen LogP) is 0.0968. The van der Waals surface area contributed by atoms with Crippen LogP contribution in [0.2, 0.25) is 0 Å². The number of carbonyl (C=O) groups excluding carboxylic acids is 1. The van der Waals surface area contributed by atoms with Crippen molar-refractivity contribution in [2.24, 2.45) is 5.73 Å². The molecular weight excluding hydrogens is 220 g/mol. The highest BCUT2D eigenvalue weighted by Gasteiger charge is 2.26. The third kappa shape index (κ3) is 2.29. The SMILES string of the molecule is NC(CN1CCc2ccccc2C1=O)C(=O)O. The van der Waals surface area contributed by atoms with Gasteiger partial charge in [0.05, 0.1) is 0 Å². The van der Waals surface area contributed by atoms with Crippen molar-refractivity contribution in [3.05, 3.63) is 35.4 Å². The molecule has 1 atom stereocenters. The van der Waals surface area contributed by atoms with Gasteiger partial charge in [-0.2, -0.15) is 0 Å². The van der Waals surface area contributed by atoms with Gasteiger partial charge in [0, 0.05) is 18.7 Å². The molecule has 1 aromatic rings. The average molecular weight is 234 g/mol. The highest BCUT2D eigenvalue weighted by atomic mass is 16.4. The van der Waals surface area contributed by atoms with Gasteiger partial charge in [-0.3, -0.25) is 9.59 Å². The van der Waals surface area contributed by atoms with Crippen LogP contribution in [-0.4, -0.2) is 41.0 Å². The summed E-state index contributed by atoms with van der Waals surface area (Å²) in [7, 11) is 0. The van der Waals surface area contributed by atoms with Gasteiger partial charge in [-0.1, -0.05) is 18.2 Å². The Morgan fingerprint density at radius 3 is 2.88 bits per heavy atom. The molecule has 1 aliphatic heterocycles. The van der Waals surface area contributed by atoms with E-state index in [-0.39, 0.29) is 12.5 Å². The number of hydrogen-bond donors (Lipinski definition) is 2. The number of carbonyl (C=O) groups is 2. The molecule has 1 unspecified atom stereocenters. The fraction of sp³-hybridized carbons (Fsp3) is 0.333. The van der Waals surface area contributed by atoms with Crippen LogP contribution >= 0.6 is 0 Å². The van der Waals surface area contributed by atoms with Crippen molar-refractivity contribution < 1.29 is 14.7 Å². The van der Waals surface area contributed by atoms with Crippen LogP contribution in [0.5, 0.6) is 0 Å². The lowest BCUT2D eigenvalue weighted by molar-refractivity contribution is -0.138. The van der Waals surface area contributed by atoms with Crippen LogP contribution in [0, 0.1) is 0 Å². The zero-order valence-electron chi connectivity index (χ0n) is 9.30. The minimum absolute atomic E-state index is 0.0580. The van der Waals surface area contributed by atoms with Crippen molar-refractivity contribution in [2.75, 3.05) is 13.1 Å². The summed E-state index contributed by atoms with van der Waals surface area (Å²) in [5.74, 6) is -1.22. The largest absolute Gasteiger partial charge is 0.480 e. The van der Waals surface area contributed by atoms with Gasteiger partial charge in [0.2, 0.25) is 0 Å². The lowest BCUT2D eigenvalue weighted by Gasteiger charge is -2.29. The summed E-state index contributed by atoms with van der Waals surface area (Å²) >= 11 is 0. The van der Waals surface area contributed by atoms with E-state index in [1.54, 1.807) is 12.1 Å². The van der Waals surface area contributed by atoms with Gasteiger partial charge in [0.15, 0.2) is 0 Å². The van der Waals surface area contributed by atoms with E-state index in [0.717, 1.165) is 12.0 Å². The van der Waals surface area contributed by atoms with Crippen LogP contribution < -0.4 is 5.73 Å². The molecule has 0 fully saturated rings. The number of benzene rings is 1. The Morgan fingerprint density at radius 1 is 1.47 bits per heavy atom. The van der Waals surface area contributed by atoms with Crippen LogP contribution in [0.3, 0.4) is 0 Å². The van der Waals surface area contributed by atoms with E-state index in [9.17, 15) is 9.59 Å². The monoisotopic (exact) mass is 234 g/mol. The predicted molar refractivity (Wildman–Crippen MR) is 61.7 cm³/mol. The molecule has 0 aliphatic carbocycles. The normalized spacial score (nSPS) is 16.5. The molecule has 5 nitrogen and oxygen atoms in total. The van der Waals surface area contributed by atoms with E-state index in [0.29, 0.717) is 12.1 Å². The molecule has 0 radical (unpaired) electrons. The third-order valence-corrected chi connectivity index (χ3v) is 2.92. The first-order chi connectivity index (χ1) is 8.09. The minimum atomic E-state index is -1.09. The van der Waals surface area contributed by atoms with Gasteiger partial charge in [0.1, 0.15) is 6.04 Å². The first-order valence-corrected chi connectivity index (χ1v) is 5.45. The van der Waals surface area contributed by atoms with E-state index >= 15 is 0 Å². The van der Waals surface area contributed by atoms with Crippen molar-refractivity contribution in [3.8, 4) is 0 Å². The maximum absolute atomic E-state index is 12.1. The number of hydrogen-bond acceptors (Lipinski definition) is 3. The molecule has 1 amide bonds. The molecular formula is C12H14N2O3. The second-order valence-electron chi connectivity index (χ2n) is 4.10. The quantitative estimate of drug-likeness (QED) is 0.776. The van der Waals surface area contributed by atoms with E-state index in [2.05, 4.69) is 0 Å². The van der Waals surface area contributed by atoms with Crippen LogP contribution in [0.25, 0.3) is 0 Å². The third-order valence-electron chi connectivity index (χ3n) is 2.92. The molecule has 1 aromatic carbocycles. The zero-order valence-corrected chi connectivity index (χ0v) is 9.30. The van der Waals surface area contributed by atoms with E-state index in [1.165, 1.54) is 4.90 Å². The Balaban J connectivity index is 2.15. The summed E-state index contributed by atoms with van der Waals surface area (Å²) in [4.78, 5) is 24.2. The summed E-state index contributed by atoms with van der Waals surface area (Å²) in [6.45, 7) is 0.583. The maximum atomic E-state index is 12.1. The summed E-state index contributed by atoms with van der Waals surface area (Å²) in [5, 5.41) is 8.73. The van der Waals surface area contributed by atoms with Crippen LogP contribution in [0.1, 0.15) is 15.9 Å². The maximum Gasteiger partial charge on any atom is 0.322 e. The highest BCUT2D eigenvalue weighted by Crippen LogP contribution is 2.18. The van der Waals surface area contributed by atoms with Gasteiger partial charge in [0.25, 0.3) is 5.91 Å². The highest BCUT2D eigenvalue weighted by molar-refractivity contribution is 5.97. The molecule has 0 bridgehead atoms. The minimum Gasteiger partial charge on any atom is -0.480 e.